The molecule has 164 valence electrons. The number of aliphatic hydroxyl groups is 1. The maximum absolute atomic E-state index is 14.8. The van der Waals surface area contributed by atoms with E-state index in [0.29, 0.717) is 45.4 Å². The normalized spacial score (nSPS) is 22.8. The summed E-state index contributed by atoms with van der Waals surface area (Å²) in [6.07, 6.45) is -1.43. The van der Waals surface area contributed by atoms with Gasteiger partial charge in [0.2, 0.25) is 5.91 Å². The zero-order chi connectivity index (χ0) is 21.3. The van der Waals surface area contributed by atoms with Gasteiger partial charge in [-0.3, -0.25) is 14.6 Å². The van der Waals surface area contributed by atoms with Gasteiger partial charge in [-0.1, -0.05) is 0 Å². The molecule has 3 aliphatic heterocycles. The van der Waals surface area contributed by atoms with Crippen molar-refractivity contribution in [2.24, 2.45) is 0 Å². The van der Waals surface area contributed by atoms with E-state index in [2.05, 4.69) is 10.2 Å². The van der Waals surface area contributed by atoms with Crippen molar-refractivity contribution in [2.45, 2.75) is 12.1 Å². The molecular weight excluding hydrogens is 402 g/mol. The van der Waals surface area contributed by atoms with Gasteiger partial charge in [-0.25, -0.2) is 13.6 Å². The molecule has 3 aliphatic rings. The van der Waals surface area contributed by atoms with Crippen LogP contribution in [0.3, 0.4) is 0 Å². The van der Waals surface area contributed by atoms with Crippen LogP contribution in [0.5, 0.6) is 0 Å². The Labute approximate surface area is 172 Å². The van der Waals surface area contributed by atoms with Gasteiger partial charge in [-0.05, 0) is 0 Å². The zero-order valence-electron chi connectivity index (χ0n) is 16.4. The number of piperazine rings is 1. The van der Waals surface area contributed by atoms with Gasteiger partial charge in [0.1, 0.15) is 18.4 Å². The third-order valence-corrected chi connectivity index (χ3v) is 5.63. The fourth-order valence-corrected chi connectivity index (χ4v) is 3.88. The molecule has 1 aromatic rings. The van der Waals surface area contributed by atoms with Gasteiger partial charge < -0.3 is 24.8 Å². The average Bonchev–Trinajstić information content (AvgIpc) is 3.06. The van der Waals surface area contributed by atoms with Crippen LogP contribution in [-0.4, -0.2) is 93.2 Å². The summed E-state index contributed by atoms with van der Waals surface area (Å²) in [5.41, 5.74) is -0.0393. The summed E-state index contributed by atoms with van der Waals surface area (Å²) >= 11 is 0. The Hall–Kier alpha value is -2.50. The summed E-state index contributed by atoms with van der Waals surface area (Å²) in [6.45, 7) is 3.17. The third-order valence-electron chi connectivity index (χ3n) is 5.63. The number of amides is 2. The molecule has 2 N–H and O–H groups in total. The lowest BCUT2D eigenvalue weighted by atomic mass is 10.1. The van der Waals surface area contributed by atoms with E-state index in [0.717, 1.165) is 17.0 Å². The molecule has 1 aromatic carbocycles. The Balaban J connectivity index is 1.41. The van der Waals surface area contributed by atoms with Crippen molar-refractivity contribution in [1.29, 1.82) is 0 Å². The first-order valence-electron chi connectivity index (χ1n) is 9.87. The lowest BCUT2D eigenvalue weighted by Gasteiger charge is -2.43. The quantitative estimate of drug-likeness (QED) is 0.657. The Morgan fingerprint density at radius 3 is 2.40 bits per heavy atom. The average molecular weight is 426 g/mol. The number of aliphatic hydroxyl groups excluding tert-OH is 1. The van der Waals surface area contributed by atoms with Crippen LogP contribution in [0.2, 0.25) is 0 Å². The molecule has 0 bridgehead atoms. The number of carbonyl (C=O) groups is 2. The summed E-state index contributed by atoms with van der Waals surface area (Å²) < 4.78 is 40.0. The fraction of sp³-hybridized carbons (Fsp3) is 0.579. The summed E-state index contributed by atoms with van der Waals surface area (Å²) in [7, 11) is 0. The van der Waals surface area contributed by atoms with Gasteiger partial charge in [-0.2, -0.15) is 0 Å². The SMILES string of the molecule is O=C(CO)NCC1CN(c2cc(F)c(N3CCN(C4COC4)CC3)c(F)c2)C(=O)O1. The van der Waals surface area contributed by atoms with E-state index in [-0.39, 0.29) is 24.5 Å². The fourth-order valence-electron chi connectivity index (χ4n) is 3.88. The Kier molecular flexibility index (Phi) is 6.02. The van der Waals surface area contributed by atoms with Crippen LogP contribution in [0.15, 0.2) is 12.1 Å². The van der Waals surface area contributed by atoms with Crippen LogP contribution >= 0.6 is 0 Å². The summed E-state index contributed by atoms with van der Waals surface area (Å²) in [5.74, 6) is -2.08. The number of benzene rings is 1. The van der Waals surface area contributed by atoms with Gasteiger partial charge in [0.05, 0.1) is 38.0 Å². The molecule has 1 unspecified atom stereocenters. The van der Waals surface area contributed by atoms with E-state index in [1.54, 1.807) is 4.90 Å². The van der Waals surface area contributed by atoms with Crippen LogP contribution in [0, 0.1) is 11.6 Å². The summed E-state index contributed by atoms with van der Waals surface area (Å²) in [6, 6.07) is 2.64. The van der Waals surface area contributed by atoms with Gasteiger partial charge in [0.25, 0.3) is 0 Å². The maximum Gasteiger partial charge on any atom is 0.414 e. The highest BCUT2D eigenvalue weighted by Gasteiger charge is 2.35. The molecule has 0 radical (unpaired) electrons. The Bertz CT molecular complexity index is 791. The molecule has 0 aliphatic carbocycles. The lowest BCUT2D eigenvalue weighted by molar-refractivity contribution is -0.124. The standard InChI is InChI=1S/C19H24F2N4O5/c20-15-5-12(25-8-14(30-19(25)28)7-22-17(27)9-26)6-16(21)18(15)24-3-1-23(2-4-24)13-10-29-11-13/h5-6,13-14,26H,1-4,7-11H2,(H,22,27). The first-order valence-corrected chi connectivity index (χ1v) is 9.87. The number of halogens is 2. The molecule has 2 amide bonds. The van der Waals surface area contributed by atoms with Gasteiger partial charge in [0.15, 0.2) is 11.6 Å². The highest BCUT2D eigenvalue weighted by atomic mass is 19.1. The number of hydrogen-bond donors (Lipinski definition) is 2. The molecule has 0 spiro atoms. The molecule has 3 heterocycles. The predicted octanol–water partition coefficient (Wildman–Crippen LogP) is -0.0807. The minimum atomic E-state index is -0.749. The van der Waals surface area contributed by atoms with Crippen LogP contribution in [0.4, 0.5) is 25.0 Å². The van der Waals surface area contributed by atoms with Crippen LogP contribution in [-0.2, 0) is 14.3 Å². The second-order valence-electron chi connectivity index (χ2n) is 7.55. The van der Waals surface area contributed by atoms with Crippen molar-refractivity contribution < 1.29 is 33.0 Å². The van der Waals surface area contributed by atoms with Crippen molar-refractivity contribution in [3.63, 3.8) is 0 Å². The molecule has 0 saturated carbocycles. The van der Waals surface area contributed by atoms with Gasteiger partial charge >= 0.3 is 6.09 Å². The molecule has 9 nitrogen and oxygen atoms in total. The second-order valence-corrected chi connectivity index (χ2v) is 7.55. The van der Waals surface area contributed by atoms with Crippen LogP contribution < -0.4 is 15.1 Å². The van der Waals surface area contributed by atoms with E-state index in [9.17, 15) is 18.4 Å². The number of cyclic esters (lactones) is 1. The Morgan fingerprint density at radius 1 is 1.17 bits per heavy atom. The topological polar surface area (TPSA) is 94.6 Å². The molecule has 11 heteroatoms. The van der Waals surface area contributed by atoms with E-state index in [1.807, 2.05) is 0 Å². The summed E-state index contributed by atoms with van der Waals surface area (Å²) in [4.78, 5) is 28.3. The molecular formula is C19H24F2N4O5. The molecule has 3 fully saturated rings. The minimum Gasteiger partial charge on any atom is -0.442 e. The predicted molar refractivity (Wildman–Crippen MR) is 102 cm³/mol. The highest BCUT2D eigenvalue weighted by molar-refractivity contribution is 5.90. The van der Waals surface area contributed by atoms with Crippen molar-refractivity contribution in [3.05, 3.63) is 23.8 Å². The van der Waals surface area contributed by atoms with E-state index in [4.69, 9.17) is 14.6 Å². The van der Waals surface area contributed by atoms with Crippen molar-refractivity contribution in [3.8, 4) is 0 Å². The number of anilines is 2. The third kappa shape index (κ3) is 4.18. The summed E-state index contributed by atoms with van der Waals surface area (Å²) in [5, 5.41) is 11.1. The van der Waals surface area contributed by atoms with Crippen molar-refractivity contribution >= 4 is 23.4 Å². The van der Waals surface area contributed by atoms with Crippen LogP contribution in [0.25, 0.3) is 0 Å². The van der Waals surface area contributed by atoms with Gasteiger partial charge in [0, 0.05) is 38.3 Å². The first kappa shape index (κ1) is 20.8. The number of rotatable bonds is 6. The molecule has 30 heavy (non-hydrogen) atoms. The monoisotopic (exact) mass is 426 g/mol. The lowest BCUT2D eigenvalue weighted by Crippen LogP contribution is -2.56. The molecule has 3 saturated heterocycles. The van der Waals surface area contributed by atoms with E-state index >= 15 is 0 Å². The number of nitrogens with one attached hydrogen (secondary N) is 1. The molecule has 4 rings (SSSR count). The zero-order valence-corrected chi connectivity index (χ0v) is 16.4. The molecule has 0 aromatic heterocycles. The highest BCUT2D eigenvalue weighted by Crippen LogP contribution is 2.31. The number of hydrogen-bond acceptors (Lipinski definition) is 7. The maximum atomic E-state index is 14.8. The van der Waals surface area contributed by atoms with E-state index in [1.165, 1.54) is 0 Å². The van der Waals surface area contributed by atoms with Gasteiger partial charge in [-0.15, -0.1) is 0 Å². The smallest absolute Gasteiger partial charge is 0.414 e. The Morgan fingerprint density at radius 2 is 1.83 bits per heavy atom. The first-order chi connectivity index (χ1) is 14.5. The molecule has 1 atom stereocenters. The van der Waals surface area contributed by atoms with E-state index < -0.39 is 36.3 Å². The van der Waals surface area contributed by atoms with Crippen LogP contribution in [0.1, 0.15) is 0 Å². The largest absolute Gasteiger partial charge is 0.442 e. The number of nitrogens with zero attached hydrogens (tertiary/aromatic N) is 3. The second kappa shape index (κ2) is 8.70. The van der Waals surface area contributed by atoms with Crippen molar-refractivity contribution in [2.75, 3.05) is 68.9 Å². The number of ether oxygens (including phenoxy) is 2. The van der Waals surface area contributed by atoms with Crippen molar-refractivity contribution in [1.82, 2.24) is 10.2 Å². The number of carbonyl (C=O) groups excluding carboxylic acids is 2. The minimum absolute atomic E-state index is 0.000985.